The third kappa shape index (κ3) is 5.06. The fraction of sp³-hybridized carbons (Fsp3) is 0.467. The van der Waals surface area contributed by atoms with Gasteiger partial charge in [0.15, 0.2) is 0 Å². The molecule has 1 aliphatic rings. The van der Waals surface area contributed by atoms with Crippen molar-refractivity contribution in [3.63, 3.8) is 0 Å². The quantitative estimate of drug-likeness (QED) is 0.796. The number of carbonyl (C=O) groups is 2. The SMILES string of the molecule is O=C(CCN1CCSC1=O)N[C@@H](CO)Cc1ccccc1. The van der Waals surface area contributed by atoms with E-state index in [1.54, 1.807) is 4.90 Å². The van der Waals surface area contributed by atoms with Crippen LogP contribution < -0.4 is 5.32 Å². The molecule has 1 aromatic rings. The molecule has 5 nitrogen and oxygen atoms in total. The van der Waals surface area contributed by atoms with Gasteiger partial charge in [-0.25, -0.2) is 0 Å². The highest BCUT2D eigenvalue weighted by Gasteiger charge is 2.21. The molecule has 0 spiro atoms. The van der Waals surface area contributed by atoms with Crippen molar-refractivity contribution in [3.8, 4) is 0 Å². The summed E-state index contributed by atoms with van der Waals surface area (Å²) in [7, 11) is 0. The first-order chi connectivity index (χ1) is 10.2. The maximum Gasteiger partial charge on any atom is 0.281 e. The molecule has 2 N–H and O–H groups in total. The Morgan fingerprint density at radius 2 is 2.14 bits per heavy atom. The molecule has 1 aliphatic heterocycles. The monoisotopic (exact) mass is 308 g/mol. The van der Waals surface area contributed by atoms with Crippen LogP contribution in [0.5, 0.6) is 0 Å². The van der Waals surface area contributed by atoms with Gasteiger partial charge in [0.2, 0.25) is 5.91 Å². The van der Waals surface area contributed by atoms with Crippen LogP contribution in [0.4, 0.5) is 4.79 Å². The lowest BCUT2D eigenvalue weighted by Crippen LogP contribution is -2.40. The average molecular weight is 308 g/mol. The lowest BCUT2D eigenvalue weighted by molar-refractivity contribution is -0.122. The summed E-state index contributed by atoms with van der Waals surface area (Å²) in [6.07, 6.45) is 0.874. The van der Waals surface area contributed by atoms with E-state index >= 15 is 0 Å². The van der Waals surface area contributed by atoms with Gasteiger partial charge in [0, 0.05) is 25.3 Å². The summed E-state index contributed by atoms with van der Waals surface area (Å²) in [4.78, 5) is 25.0. The minimum atomic E-state index is -0.288. The van der Waals surface area contributed by atoms with Crippen molar-refractivity contribution in [1.82, 2.24) is 10.2 Å². The number of amides is 2. The van der Waals surface area contributed by atoms with Gasteiger partial charge in [0.05, 0.1) is 12.6 Å². The second kappa shape index (κ2) is 8.05. The maximum atomic E-state index is 11.9. The Hall–Kier alpha value is -1.53. The average Bonchev–Trinajstić information content (AvgIpc) is 2.91. The third-order valence-electron chi connectivity index (χ3n) is 3.36. The van der Waals surface area contributed by atoms with E-state index in [2.05, 4.69) is 5.32 Å². The third-order valence-corrected chi connectivity index (χ3v) is 4.26. The number of hydrogen-bond donors (Lipinski definition) is 2. The molecule has 0 aliphatic carbocycles. The van der Waals surface area contributed by atoms with E-state index in [-0.39, 0.29) is 30.2 Å². The highest BCUT2D eigenvalue weighted by molar-refractivity contribution is 8.13. The second-order valence-corrected chi connectivity index (χ2v) is 6.03. The Morgan fingerprint density at radius 3 is 2.76 bits per heavy atom. The van der Waals surface area contributed by atoms with Crippen molar-refractivity contribution < 1.29 is 14.7 Å². The predicted molar refractivity (Wildman–Crippen MR) is 83.2 cm³/mol. The van der Waals surface area contributed by atoms with Gasteiger partial charge in [0.1, 0.15) is 0 Å². The summed E-state index contributed by atoms with van der Waals surface area (Å²) in [5.74, 6) is 0.669. The smallest absolute Gasteiger partial charge is 0.281 e. The molecule has 0 radical (unpaired) electrons. The fourth-order valence-corrected chi connectivity index (χ4v) is 3.08. The lowest BCUT2D eigenvalue weighted by Gasteiger charge is -2.18. The van der Waals surface area contributed by atoms with Crippen LogP contribution in [-0.2, 0) is 11.2 Å². The van der Waals surface area contributed by atoms with E-state index in [4.69, 9.17) is 0 Å². The van der Waals surface area contributed by atoms with Crippen LogP contribution in [0.15, 0.2) is 30.3 Å². The van der Waals surface area contributed by atoms with E-state index in [0.29, 0.717) is 19.5 Å². The van der Waals surface area contributed by atoms with E-state index in [0.717, 1.165) is 11.3 Å². The molecule has 1 heterocycles. The molecule has 0 unspecified atom stereocenters. The Kier molecular flexibility index (Phi) is 6.07. The summed E-state index contributed by atoms with van der Waals surface area (Å²) < 4.78 is 0. The first-order valence-electron chi connectivity index (χ1n) is 7.05. The summed E-state index contributed by atoms with van der Waals surface area (Å²) in [6, 6.07) is 9.44. The molecule has 1 atom stereocenters. The molecule has 0 bridgehead atoms. The number of nitrogens with zero attached hydrogens (tertiary/aromatic N) is 1. The molecular formula is C15H20N2O3S. The number of carbonyl (C=O) groups excluding carboxylic acids is 2. The van der Waals surface area contributed by atoms with E-state index in [9.17, 15) is 14.7 Å². The van der Waals surface area contributed by atoms with Gasteiger partial charge in [-0.1, -0.05) is 42.1 Å². The van der Waals surface area contributed by atoms with E-state index in [1.807, 2.05) is 30.3 Å². The molecule has 0 aromatic heterocycles. The van der Waals surface area contributed by atoms with Crippen molar-refractivity contribution in [2.24, 2.45) is 0 Å². The summed E-state index contributed by atoms with van der Waals surface area (Å²) in [5, 5.41) is 12.2. The van der Waals surface area contributed by atoms with Crippen molar-refractivity contribution in [2.45, 2.75) is 18.9 Å². The molecule has 21 heavy (non-hydrogen) atoms. The molecule has 1 fully saturated rings. The Morgan fingerprint density at radius 1 is 1.38 bits per heavy atom. The predicted octanol–water partition coefficient (Wildman–Crippen LogP) is 1.27. The van der Waals surface area contributed by atoms with Crippen LogP contribution in [-0.4, -0.2) is 52.6 Å². The summed E-state index contributed by atoms with van der Waals surface area (Å²) >= 11 is 1.29. The Bertz CT molecular complexity index is 481. The first kappa shape index (κ1) is 15.9. The second-order valence-electron chi connectivity index (χ2n) is 4.99. The highest BCUT2D eigenvalue weighted by Crippen LogP contribution is 2.17. The standard InChI is InChI=1S/C15H20N2O3S/c18-11-13(10-12-4-2-1-3-5-12)16-14(19)6-7-17-8-9-21-15(17)20/h1-5,13,18H,6-11H2,(H,16,19)/t13-/m1/s1. The number of hydrogen-bond acceptors (Lipinski definition) is 4. The van der Waals surface area contributed by atoms with Crippen LogP contribution in [0.1, 0.15) is 12.0 Å². The molecule has 6 heteroatoms. The fourth-order valence-electron chi connectivity index (χ4n) is 2.22. The number of thioether (sulfide) groups is 1. The largest absolute Gasteiger partial charge is 0.394 e. The Labute approximate surface area is 128 Å². The molecule has 1 saturated heterocycles. The molecule has 0 saturated carbocycles. The van der Waals surface area contributed by atoms with Crippen LogP contribution in [0, 0.1) is 0 Å². The zero-order valence-corrected chi connectivity index (χ0v) is 12.6. The first-order valence-corrected chi connectivity index (χ1v) is 8.03. The van der Waals surface area contributed by atoms with Gasteiger partial charge >= 0.3 is 0 Å². The number of nitrogens with one attached hydrogen (secondary N) is 1. The molecule has 1 aromatic carbocycles. The van der Waals surface area contributed by atoms with Crippen LogP contribution >= 0.6 is 11.8 Å². The Balaban J connectivity index is 1.75. The molecular weight excluding hydrogens is 288 g/mol. The van der Waals surface area contributed by atoms with Gasteiger partial charge in [-0.15, -0.1) is 0 Å². The molecule has 114 valence electrons. The van der Waals surface area contributed by atoms with E-state index < -0.39 is 0 Å². The number of benzene rings is 1. The van der Waals surface area contributed by atoms with Crippen LogP contribution in [0.25, 0.3) is 0 Å². The van der Waals surface area contributed by atoms with E-state index in [1.165, 1.54) is 11.8 Å². The van der Waals surface area contributed by atoms with Crippen LogP contribution in [0.3, 0.4) is 0 Å². The maximum absolute atomic E-state index is 11.9. The topological polar surface area (TPSA) is 69.6 Å². The summed E-state index contributed by atoms with van der Waals surface area (Å²) in [6.45, 7) is 1.06. The normalized spacial score (nSPS) is 16.0. The summed E-state index contributed by atoms with van der Waals surface area (Å²) in [5.41, 5.74) is 1.07. The lowest BCUT2D eigenvalue weighted by atomic mass is 10.1. The van der Waals surface area contributed by atoms with Gasteiger partial charge < -0.3 is 15.3 Å². The van der Waals surface area contributed by atoms with Crippen molar-refractivity contribution in [1.29, 1.82) is 0 Å². The number of rotatable bonds is 7. The van der Waals surface area contributed by atoms with Crippen molar-refractivity contribution in [2.75, 3.05) is 25.4 Å². The molecule has 2 amide bonds. The number of aliphatic hydroxyl groups excluding tert-OH is 1. The van der Waals surface area contributed by atoms with Gasteiger partial charge in [-0.2, -0.15) is 0 Å². The minimum Gasteiger partial charge on any atom is -0.394 e. The minimum absolute atomic E-state index is 0.0470. The highest BCUT2D eigenvalue weighted by atomic mass is 32.2. The van der Waals surface area contributed by atoms with Gasteiger partial charge in [0.25, 0.3) is 5.24 Å². The molecule has 2 rings (SSSR count). The van der Waals surface area contributed by atoms with Crippen molar-refractivity contribution in [3.05, 3.63) is 35.9 Å². The zero-order valence-electron chi connectivity index (χ0n) is 11.8. The van der Waals surface area contributed by atoms with Crippen LogP contribution in [0.2, 0.25) is 0 Å². The number of aliphatic hydroxyl groups is 1. The zero-order chi connectivity index (χ0) is 15.1. The van der Waals surface area contributed by atoms with Gasteiger partial charge in [-0.3, -0.25) is 9.59 Å². The van der Waals surface area contributed by atoms with Gasteiger partial charge in [-0.05, 0) is 12.0 Å². The van der Waals surface area contributed by atoms with Crippen molar-refractivity contribution >= 4 is 22.9 Å².